The summed E-state index contributed by atoms with van der Waals surface area (Å²) in [5.41, 5.74) is 0. The van der Waals surface area contributed by atoms with Gasteiger partial charge in [0.1, 0.15) is 0 Å². The SMILES string of the molecule is O=C(O)[C@@H]1CC[C@H](NC(=O)N2CCCCCC2)C1. The summed E-state index contributed by atoms with van der Waals surface area (Å²) in [5.74, 6) is -1.01. The predicted molar refractivity (Wildman–Crippen MR) is 67.3 cm³/mol. The molecule has 0 unspecified atom stereocenters. The number of amides is 2. The fraction of sp³-hybridized carbons (Fsp3) is 0.846. The lowest BCUT2D eigenvalue weighted by Gasteiger charge is -2.23. The molecule has 18 heavy (non-hydrogen) atoms. The van der Waals surface area contributed by atoms with E-state index in [-0.39, 0.29) is 18.0 Å². The Balaban J connectivity index is 1.78. The molecule has 2 aliphatic rings. The Labute approximate surface area is 108 Å². The Morgan fingerprint density at radius 1 is 1.06 bits per heavy atom. The van der Waals surface area contributed by atoms with Crippen LogP contribution < -0.4 is 5.32 Å². The van der Waals surface area contributed by atoms with Crippen molar-refractivity contribution in [2.24, 2.45) is 5.92 Å². The highest BCUT2D eigenvalue weighted by Crippen LogP contribution is 2.25. The number of urea groups is 1. The van der Waals surface area contributed by atoms with Crippen LogP contribution in [0.3, 0.4) is 0 Å². The summed E-state index contributed by atoms with van der Waals surface area (Å²) < 4.78 is 0. The average Bonchev–Trinajstić information content (AvgIpc) is 2.64. The van der Waals surface area contributed by atoms with Gasteiger partial charge in [0.25, 0.3) is 0 Å². The predicted octanol–water partition coefficient (Wildman–Crippen LogP) is 1.83. The second-order valence-corrected chi connectivity index (χ2v) is 5.40. The summed E-state index contributed by atoms with van der Waals surface area (Å²) >= 11 is 0. The van der Waals surface area contributed by atoms with Crippen molar-refractivity contribution in [2.75, 3.05) is 13.1 Å². The van der Waals surface area contributed by atoms with Crippen LogP contribution in [-0.4, -0.2) is 41.1 Å². The van der Waals surface area contributed by atoms with Crippen molar-refractivity contribution in [1.82, 2.24) is 10.2 Å². The number of carboxylic acid groups (broad SMARTS) is 1. The van der Waals surface area contributed by atoms with Gasteiger partial charge in [-0.2, -0.15) is 0 Å². The summed E-state index contributed by atoms with van der Waals surface area (Å²) in [6.07, 6.45) is 6.61. The molecule has 5 nitrogen and oxygen atoms in total. The molecular weight excluding hydrogens is 232 g/mol. The first kappa shape index (κ1) is 13.2. The molecule has 1 aliphatic carbocycles. The van der Waals surface area contributed by atoms with Gasteiger partial charge >= 0.3 is 12.0 Å². The van der Waals surface area contributed by atoms with Gasteiger partial charge in [-0.15, -0.1) is 0 Å². The van der Waals surface area contributed by atoms with E-state index in [2.05, 4.69) is 5.32 Å². The number of nitrogens with one attached hydrogen (secondary N) is 1. The molecule has 1 saturated heterocycles. The molecule has 1 aliphatic heterocycles. The van der Waals surface area contributed by atoms with Gasteiger partial charge in [-0.3, -0.25) is 4.79 Å². The summed E-state index contributed by atoms with van der Waals surface area (Å²) in [6, 6.07) is 0.0368. The van der Waals surface area contributed by atoms with Crippen LogP contribution in [0.4, 0.5) is 4.79 Å². The highest BCUT2D eigenvalue weighted by molar-refractivity contribution is 5.75. The minimum absolute atomic E-state index is 0.00654. The van der Waals surface area contributed by atoms with Crippen LogP contribution in [0.25, 0.3) is 0 Å². The van der Waals surface area contributed by atoms with E-state index >= 15 is 0 Å². The van der Waals surface area contributed by atoms with Crippen LogP contribution in [0.2, 0.25) is 0 Å². The largest absolute Gasteiger partial charge is 0.481 e. The van der Waals surface area contributed by atoms with E-state index in [0.717, 1.165) is 32.4 Å². The second-order valence-electron chi connectivity index (χ2n) is 5.40. The van der Waals surface area contributed by atoms with Crippen LogP contribution in [0.1, 0.15) is 44.9 Å². The Morgan fingerprint density at radius 3 is 2.28 bits per heavy atom. The molecule has 2 N–H and O–H groups in total. The van der Waals surface area contributed by atoms with Crippen molar-refractivity contribution in [2.45, 2.75) is 51.0 Å². The lowest BCUT2D eigenvalue weighted by Crippen LogP contribution is -2.44. The number of carbonyl (C=O) groups is 2. The van der Waals surface area contributed by atoms with Gasteiger partial charge in [-0.25, -0.2) is 4.79 Å². The summed E-state index contributed by atoms with van der Waals surface area (Å²) in [4.78, 5) is 24.8. The zero-order valence-electron chi connectivity index (χ0n) is 10.7. The maximum absolute atomic E-state index is 12.1. The van der Waals surface area contributed by atoms with Crippen LogP contribution in [0.15, 0.2) is 0 Å². The Hall–Kier alpha value is -1.26. The van der Waals surface area contributed by atoms with Crippen LogP contribution in [-0.2, 0) is 4.79 Å². The minimum Gasteiger partial charge on any atom is -0.481 e. The number of likely N-dealkylation sites (tertiary alicyclic amines) is 1. The molecule has 5 heteroatoms. The molecule has 0 aromatic heterocycles. The standard InChI is InChI=1S/C13H22N2O3/c16-12(17)10-5-6-11(9-10)14-13(18)15-7-3-1-2-4-8-15/h10-11H,1-9H2,(H,14,18)(H,16,17)/t10-,11+/m1/s1. The first-order chi connectivity index (χ1) is 8.66. The Kier molecular flexibility index (Phi) is 4.44. The van der Waals surface area contributed by atoms with Crippen molar-refractivity contribution in [3.05, 3.63) is 0 Å². The van der Waals surface area contributed by atoms with Gasteiger partial charge < -0.3 is 15.3 Å². The highest BCUT2D eigenvalue weighted by Gasteiger charge is 2.31. The lowest BCUT2D eigenvalue weighted by molar-refractivity contribution is -0.141. The Morgan fingerprint density at radius 2 is 1.72 bits per heavy atom. The molecule has 2 rings (SSSR count). The van der Waals surface area contributed by atoms with E-state index in [1.165, 1.54) is 12.8 Å². The first-order valence-corrected chi connectivity index (χ1v) is 6.95. The third kappa shape index (κ3) is 3.37. The molecule has 2 fully saturated rings. The monoisotopic (exact) mass is 254 g/mol. The van der Waals surface area contributed by atoms with Gasteiger partial charge in [0.05, 0.1) is 5.92 Å². The highest BCUT2D eigenvalue weighted by atomic mass is 16.4. The van der Waals surface area contributed by atoms with E-state index in [0.29, 0.717) is 12.8 Å². The summed E-state index contributed by atoms with van der Waals surface area (Å²) in [5, 5.41) is 11.9. The normalized spacial score (nSPS) is 28.8. The molecule has 1 heterocycles. The third-order valence-corrected chi connectivity index (χ3v) is 4.00. The number of rotatable bonds is 2. The fourth-order valence-corrected chi connectivity index (χ4v) is 2.88. The molecule has 102 valence electrons. The number of carboxylic acids is 1. The van der Waals surface area contributed by atoms with Gasteiger partial charge in [0, 0.05) is 19.1 Å². The van der Waals surface area contributed by atoms with Crippen LogP contribution >= 0.6 is 0 Å². The van der Waals surface area contributed by atoms with Crippen LogP contribution in [0, 0.1) is 5.92 Å². The molecule has 0 aromatic rings. The zero-order valence-corrected chi connectivity index (χ0v) is 10.7. The molecule has 2 amide bonds. The molecule has 0 radical (unpaired) electrons. The van der Waals surface area contributed by atoms with E-state index in [9.17, 15) is 9.59 Å². The van der Waals surface area contributed by atoms with E-state index in [1.54, 1.807) is 0 Å². The fourth-order valence-electron chi connectivity index (χ4n) is 2.88. The maximum Gasteiger partial charge on any atom is 0.317 e. The van der Waals surface area contributed by atoms with Crippen LogP contribution in [0.5, 0.6) is 0 Å². The van der Waals surface area contributed by atoms with Crippen molar-refractivity contribution in [3.8, 4) is 0 Å². The third-order valence-electron chi connectivity index (χ3n) is 4.00. The van der Waals surface area contributed by atoms with Crippen molar-refractivity contribution in [1.29, 1.82) is 0 Å². The van der Waals surface area contributed by atoms with E-state index < -0.39 is 5.97 Å². The minimum atomic E-state index is -0.735. The quantitative estimate of drug-likeness (QED) is 0.789. The van der Waals surface area contributed by atoms with Gasteiger partial charge in [0.2, 0.25) is 0 Å². The van der Waals surface area contributed by atoms with Crippen molar-refractivity contribution < 1.29 is 14.7 Å². The molecule has 0 aromatic carbocycles. The number of hydrogen-bond donors (Lipinski definition) is 2. The maximum atomic E-state index is 12.1. The first-order valence-electron chi connectivity index (χ1n) is 6.95. The molecule has 2 atom stereocenters. The molecular formula is C13H22N2O3. The molecule has 1 saturated carbocycles. The smallest absolute Gasteiger partial charge is 0.317 e. The van der Waals surface area contributed by atoms with E-state index in [4.69, 9.17) is 5.11 Å². The van der Waals surface area contributed by atoms with E-state index in [1.807, 2.05) is 4.90 Å². The summed E-state index contributed by atoms with van der Waals surface area (Å²) in [7, 11) is 0. The van der Waals surface area contributed by atoms with Crippen molar-refractivity contribution >= 4 is 12.0 Å². The topological polar surface area (TPSA) is 69.6 Å². The Bertz CT molecular complexity index is 311. The summed E-state index contributed by atoms with van der Waals surface area (Å²) in [6.45, 7) is 1.67. The lowest BCUT2D eigenvalue weighted by atomic mass is 10.1. The average molecular weight is 254 g/mol. The van der Waals surface area contributed by atoms with Crippen molar-refractivity contribution in [3.63, 3.8) is 0 Å². The number of nitrogens with zero attached hydrogens (tertiary/aromatic N) is 1. The number of aliphatic carboxylic acids is 1. The van der Waals surface area contributed by atoms with Gasteiger partial charge in [-0.1, -0.05) is 12.8 Å². The van der Waals surface area contributed by atoms with Gasteiger partial charge in [0.15, 0.2) is 0 Å². The van der Waals surface area contributed by atoms with Gasteiger partial charge in [-0.05, 0) is 32.1 Å². The zero-order chi connectivity index (χ0) is 13.0. The molecule has 0 bridgehead atoms. The molecule has 0 spiro atoms. The number of carbonyl (C=O) groups excluding carboxylic acids is 1. The second kappa shape index (κ2) is 6.07. The number of hydrogen-bond acceptors (Lipinski definition) is 2.